The number of hydrogen-bond donors (Lipinski definition) is 1. The van der Waals surface area contributed by atoms with Crippen LogP contribution >= 0.6 is 11.6 Å². The minimum atomic E-state index is -0.201. The lowest BCUT2D eigenvalue weighted by atomic mass is 10.2. The number of ether oxygens (including phenoxy) is 1. The molecule has 0 aliphatic carbocycles. The number of carbonyl (C=O) groups is 1. The first-order chi connectivity index (χ1) is 9.58. The van der Waals surface area contributed by atoms with Gasteiger partial charge in [-0.15, -0.1) is 0 Å². The lowest BCUT2D eigenvalue weighted by molar-refractivity contribution is 0.0950. The molecule has 0 radical (unpaired) electrons. The van der Waals surface area contributed by atoms with Crippen molar-refractivity contribution in [2.75, 3.05) is 7.11 Å². The van der Waals surface area contributed by atoms with Crippen molar-refractivity contribution in [3.8, 4) is 5.88 Å². The summed E-state index contributed by atoms with van der Waals surface area (Å²) in [7, 11) is 1.55. The highest BCUT2D eigenvalue weighted by molar-refractivity contribution is 6.29. The maximum atomic E-state index is 12.0. The summed E-state index contributed by atoms with van der Waals surface area (Å²) in [5.41, 5.74) is 2.08. The first-order valence-corrected chi connectivity index (χ1v) is 6.37. The Morgan fingerprint density at radius 2 is 2.20 bits per heavy atom. The van der Waals surface area contributed by atoms with E-state index in [1.807, 2.05) is 6.07 Å². The van der Waals surface area contributed by atoms with Gasteiger partial charge in [0.25, 0.3) is 5.91 Å². The summed E-state index contributed by atoms with van der Waals surface area (Å²) in [6, 6.07) is 6.81. The zero-order chi connectivity index (χ0) is 14.5. The van der Waals surface area contributed by atoms with Crippen molar-refractivity contribution >= 4 is 17.5 Å². The number of amides is 1. The van der Waals surface area contributed by atoms with Crippen LogP contribution in [-0.2, 0) is 6.54 Å². The molecule has 0 saturated heterocycles. The lowest BCUT2D eigenvalue weighted by Gasteiger charge is -2.07. The highest BCUT2D eigenvalue weighted by Crippen LogP contribution is 2.11. The second kappa shape index (κ2) is 6.34. The molecule has 0 aliphatic rings. The van der Waals surface area contributed by atoms with E-state index in [9.17, 15) is 4.79 Å². The molecule has 1 N–H and O–H groups in total. The Morgan fingerprint density at radius 3 is 2.80 bits per heavy atom. The van der Waals surface area contributed by atoms with E-state index in [1.54, 1.807) is 32.4 Å². The zero-order valence-electron chi connectivity index (χ0n) is 11.2. The molecule has 6 heteroatoms. The van der Waals surface area contributed by atoms with Crippen LogP contribution < -0.4 is 10.1 Å². The Morgan fingerprint density at radius 1 is 1.40 bits per heavy atom. The minimum absolute atomic E-state index is 0.201. The van der Waals surface area contributed by atoms with Gasteiger partial charge in [0.1, 0.15) is 5.15 Å². The van der Waals surface area contributed by atoms with Gasteiger partial charge < -0.3 is 10.1 Å². The predicted molar refractivity (Wildman–Crippen MR) is 75.9 cm³/mol. The standard InChI is InChI=1S/C14H14ClN3O2/c1-9-5-11(6-12(15)18-9)14(19)17-8-10-3-4-13(20-2)16-7-10/h3-7H,8H2,1-2H3,(H,17,19). The maximum Gasteiger partial charge on any atom is 0.251 e. The summed E-state index contributed by atoms with van der Waals surface area (Å²) in [4.78, 5) is 20.1. The number of rotatable bonds is 4. The fourth-order valence-corrected chi connectivity index (χ4v) is 1.93. The van der Waals surface area contributed by atoms with Gasteiger partial charge in [-0.25, -0.2) is 9.97 Å². The Kier molecular flexibility index (Phi) is 4.53. The average molecular weight is 292 g/mol. The maximum absolute atomic E-state index is 12.0. The number of methoxy groups -OCH3 is 1. The molecule has 0 spiro atoms. The van der Waals surface area contributed by atoms with Crippen LogP contribution in [0, 0.1) is 6.92 Å². The van der Waals surface area contributed by atoms with Crippen molar-refractivity contribution in [1.82, 2.24) is 15.3 Å². The van der Waals surface area contributed by atoms with Gasteiger partial charge in [-0.3, -0.25) is 4.79 Å². The quantitative estimate of drug-likeness (QED) is 0.879. The third kappa shape index (κ3) is 3.68. The molecule has 1 amide bonds. The first-order valence-electron chi connectivity index (χ1n) is 6.00. The SMILES string of the molecule is COc1ccc(CNC(=O)c2cc(C)nc(Cl)c2)cn1. The van der Waals surface area contributed by atoms with Gasteiger partial charge >= 0.3 is 0 Å². The van der Waals surface area contributed by atoms with E-state index in [0.29, 0.717) is 28.8 Å². The van der Waals surface area contributed by atoms with Crippen LogP contribution in [0.3, 0.4) is 0 Å². The fourth-order valence-electron chi connectivity index (χ4n) is 1.68. The molecule has 0 fully saturated rings. The third-order valence-electron chi connectivity index (χ3n) is 2.64. The van der Waals surface area contributed by atoms with Crippen LogP contribution in [0.4, 0.5) is 0 Å². The molecule has 104 valence electrons. The molecule has 0 atom stereocenters. The number of nitrogens with zero attached hydrogens (tertiary/aromatic N) is 2. The summed E-state index contributed by atoms with van der Waals surface area (Å²) >= 11 is 5.83. The van der Waals surface area contributed by atoms with Gasteiger partial charge in [0.15, 0.2) is 0 Å². The van der Waals surface area contributed by atoms with Crippen molar-refractivity contribution in [3.05, 3.63) is 52.4 Å². The summed E-state index contributed by atoms with van der Waals surface area (Å²) < 4.78 is 4.97. The number of carbonyl (C=O) groups excluding carboxylic acids is 1. The van der Waals surface area contributed by atoms with Gasteiger partial charge in [-0.05, 0) is 24.6 Å². The molecule has 2 heterocycles. The Bertz CT molecular complexity index is 594. The molecule has 2 rings (SSSR count). The van der Waals surface area contributed by atoms with Gasteiger partial charge in [-0.2, -0.15) is 0 Å². The topological polar surface area (TPSA) is 64.1 Å². The Balaban J connectivity index is 2.00. The Labute approximate surface area is 122 Å². The monoisotopic (exact) mass is 291 g/mol. The highest BCUT2D eigenvalue weighted by atomic mass is 35.5. The van der Waals surface area contributed by atoms with Crippen LogP contribution in [0.1, 0.15) is 21.6 Å². The van der Waals surface area contributed by atoms with Gasteiger partial charge in [0.2, 0.25) is 5.88 Å². The van der Waals surface area contributed by atoms with Crippen LogP contribution in [-0.4, -0.2) is 23.0 Å². The number of halogens is 1. The largest absolute Gasteiger partial charge is 0.481 e. The molecule has 0 saturated carbocycles. The molecule has 0 unspecified atom stereocenters. The van der Waals surface area contributed by atoms with E-state index < -0.39 is 0 Å². The van der Waals surface area contributed by atoms with Crippen LogP contribution in [0.25, 0.3) is 0 Å². The lowest BCUT2D eigenvalue weighted by Crippen LogP contribution is -2.23. The number of pyridine rings is 2. The smallest absolute Gasteiger partial charge is 0.251 e. The summed E-state index contributed by atoms with van der Waals surface area (Å²) in [5, 5.41) is 3.11. The van der Waals surface area contributed by atoms with Crippen molar-refractivity contribution in [2.45, 2.75) is 13.5 Å². The highest BCUT2D eigenvalue weighted by Gasteiger charge is 2.08. The van der Waals surface area contributed by atoms with Crippen LogP contribution in [0.2, 0.25) is 5.15 Å². The molecule has 2 aromatic heterocycles. The number of nitrogens with one attached hydrogen (secondary N) is 1. The van der Waals surface area contributed by atoms with E-state index in [-0.39, 0.29) is 5.91 Å². The van der Waals surface area contributed by atoms with E-state index in [1.165, 1.54) is 6.07 Å². The van der Waals surface area contributed by atoms with E-state index in [0.717, 1.165) is 5.56 Å². The molecular weight excluding hydrogens is 278 g/mol. The first kappa shape index (κ1) is 14.3. The summed E-state index contributed by atoms with van der Waals surface area (Å²) in [6.45, 7) is 2.17. The molecule has 5 nitrogen and oxygen atoms in total. The second-order valence-electron chi connectivity index (χ2n) is 4.21. The van der Waals surface area contributed by atoms with Crippen LogP contribution in [0.15, 0.2) is 30.5 Å². The molecular formula is C14H14ClN3O2. The van der Waals surface area contributed by atoms with Crippen molar-refractivity contribution in [3.63, 3.8) is 0 Å². The molecule has 0 aromatic carbocycles. The molecule has 20 heavy (non-hydrogen) atoms. The average Bonchev–Trinajstić information content (AvgIpc) is 2.44. The van der Waals surface area contributed by atoms with Gasteiger partial charge in [0.05, 0.1) is 7.11 Å². The van der Waals surface area contributed by atoms with E-state index in [4.69, 9.17) is 16.3 Å². The summed E-state index contributed by atoms with van der Waals surface area (Å²) in [5.74, 6) is 0.338. The molecule has 0 aliphatic heterocycles. The van der Waals surface area contributed by atoms with E-state index >= 15 is 0 Å². The minimum Gasteiger partial charge on any atom is -0.481 e. The van der Waals surface area contributed by atoms with Crippen molar-refractivity contribution in [2.24, 2.45) is 0 Å². The third-order valence-corrected chi connectivity index (χ3v) is 2.84. The van der Waals surface area contributed by atoms with Gasteiger partial charge in [-0.1, -0.05) is 17.7 Å². The second-order valence-corrected chi connectivity index (χ2v) is 4.60. The van der Waals surface area contributed by atoms with Crippen molar-refractivity contribution < 1.29 is 9.53 Å². The normalized spacial score (nSPS) is 10.2. The van der Waals surface area contributed by atoms with E-state index in [2.05, 4.69) is 15.3 Å². The number of hydrogen-bond acceptors (Lipinski definition) is 4. The summed E-state index contributed by atoms with van der Waals surface area (Å²) in [6.07, 6.45) is 1.66. The molecule has 2 aromatic rings. The zero-order valence-corrected chi connectivity index (χ0v) is 11.9. The molecule has 0 bridgehead atoms. The van der Waals surface area contributed by atoms with Gasteiger partial charge in [0, 0.05) is 30.1 Å². The number of aromatic nitrogens is 2. The number of aryl methyl sites for hydroxylation is 1. The van der Waals surface area contributed by atoms with Crippen LogP contribution in [0.5, 0.6) is 5.88 Å². The predicted octanol–water partition coefficient (Wildman–Crippen LogP) is 2.38. The van der Waals surface area contributed by atoms with Crippen molar-refractivity contribution in [1.29, 1.82) is 0 Å². The fraction of sp³-hybridized carbons (Fsp3) is 0.214. The Hall–Kier alpha value is -2.14.